The molecule has 1 aromatic rings. The molecule has 1 aliphatic carbocycles. The number of rotatable bonds is 18. The molecule has 278 valence electrons. The molecule has 0 unspecified atom stereocenters. The number of nitrogens with one attached hydrogen (secondary N) is 1. The Labute approximate surface area is 297 Å². The number of benzene rings is 1. The molecule has 0 aromatic heterocycles. The SMILES string of the molecule is CCCCCC1(CCCCC)O[C@@H]2[C@@H](C=C(C(=O)N[C@H](CO)CCC(=O)OC(C)(C)C)C[C@H]2OC(=O)c2ccccc2C=CC(=O)N(C)C)O1. The number of amides is 2. The number of aliphatic hydroxyl groups is 1. The number of hydrogen-bond donors (Lipinski definition) is 2. The molecule has 11 heteroatoms. The molecule has 4 atom stereocenters. The third kappa shape index (κ3) is 12.3. The Morgan fingerprint density at radius 1 is 1.04 bits per heavy atom. The third-order valence-electron chi connectivity index (χ3n) is 8.75. The zero-order valence-electron chi connectivity index (χ0n) is 31.0. The third-order valence-corrected chi connectivity index (χ3v) is 8.75. The molecule has 2 amide bonds. The van der Waals surface area contributed by atoms with Gasteiger partial charge in [0, 0.05) is 51.4 Å². The van der Waals surface area contributed by atoms with Crippen molar-refractivity contribution in [3.63, 3.8) is 0 Å². The van der Waals surface area contributed by atoms with Crippen molar-refractivity contribution in [2.45, 2.75) is 141 Å². The Morgan fingerprint density at radius 2 is 1.70 bits per heavy atom. The second-order valence-electron chi connectivity index (χ2n) is 14.5. The smallest absolute Gasteiger partial charge is 0.339 e. The highest BCUT2D eigenvalue weighted by molar-refractivity contribution is 5.97. The summed E-state index contributed by atoms with van der Waals surface area (Å²) in [4.78, 5) is 53.4. The number of hydrogen-bond acceptors (Lipinski definition) is 9. The van der Waals surface area contributed by atoms with Crippen molar-refractivity contribution >= 4 is 29.8 Å². The summed E-state index contributed by atoms with van der Waals surface area (Å²) in [6.07, 6.45) is 10.1. The van der Waals surface area contributed by atoms with Gasteiger partial charge in [-0.25, -0.2) is 4.79 Å². The summed E-state index contributed by atoms with van der Waals surface area (Å²) < 4.78 is 25.0. The van der Waals surface area contributed by atoms with Gasteiger partial charge in [0.1, 0.15) is 23.9 Å². The number of fused-ring (bicyclic) bond motifs is 1. The monoisotopic (exact) mass is 698 g/mol. The van der Waals surface area contributed by atoms with Crippen LogP contribution >= 0.6 is 0 Å². The highest BCUT2D eigenvalue weighted by Crippen LogP contribution is 2.43. The Kier molecular flexibility index (Phi) is 15.7. The van der Waals surface area contributed by atoms with Crippen LogP contribution in [0.3, 0.4) is 0 Å². The topological polar surface area (TPSA) is 141 Å². The lowest BCUT2D eigenvalue weighted by Crippen LogP contribution is -2.45. The second kappa shape index (κ2) is 19.2. The minimum absolute atomic E-state index is 0.0236. The molecule has 0 spiro atoms. The minimum atomic E-state index is -0.874. The molecule has 50 heavy (non-hydrogen) atoms. The lowest BCUT2D eigenvalue weighted by Gasteiger charge is -2.31. The minimum Gasteiger partial charge on any atom is -0.460 e. The molecule has 3 rings (SSSR count). The van der Waals surface area contributed by atoms with Gasteiger partial charge in [0.05, 0.1) is 18.2 Å². The van der Waals surface area contributed by atoms with E-state index in [1.807, 2.05) is 0 Å². The van der Waals surface area contributed by atoms with Crippen LogP contribution in [0.5, 0.6) is 0 Å². The van der Waals surface area contributed by atoms with Crippen molar-refractivity contribution in [2.75, 3.05) is 20.7 Å². The molecule has 0 radical (unpaired) electrons. The van der Waals surface area contributed by atoms with Crippen LogP contribution < -0.4 is 5.32 Å². The van der Waals surface area contributed by atoms with E-state index in [1.54, 1.807) is 71.3 Å². The number of ether oxygens (including phenoxy) is 4. The van der Waals surface area contributed by atoms with Gasteiger partial charge in [-0.05, 0) is 63.8 Å². The first-order chi connectivity index (χ1) is 23.7. The van der Waals surface area contributed by atoms with E-state index < -0.39 is 53.6 Å². The van der Waals surface area contributed by atoms with Crippen LogP contribution in [0, 0.1) is 0 Å². The van der Waals surface area contributed by atoms with E-state index in [9.17, 15) is 24.3 Å². The summed E-state index contributed by atoms with van der Waals surface area (Å²) in [5.74, 6) is -2.58. The van der Waals surface area contributed by atoms with E-state index in [1.165, 1.54) is 11.0 Å². The fourth-order valence-corrected chi connectivity index (χ4v) is 6.11. The normalized spacial score (nSPS) is 20.5. The summed E-state index contributed by atoms with van der Waals surface area (Å²) in [5, 5.41) is 12.9. The van der Waals surface area contributed by atoms with Crippen molar-refractivity contribution < 1.29 is 43.2 Å². The predicted molar refractivity (Wildman–Crippen MR) is 191 cm³/mol. The van der Waals surface area contributed by atoms with Gasteiger partial charge in [0.15, 0.2) is 5.79 Å². The fourth-order valence-electron chi connectivity index (χ4n) is 6.11. The number of carbonyl (C=O) groups excluding carboxylic acids is 4. The van der Waals surface area contributed by atoms with Crippen molar-refractivity contribution in [3.05, 3.63) is 53.1 Å². The van der Waals surface area contributed by atoms with Gasteiger partial charge >= 0.3 is 11.9 Å². The van der Waals surface area contributed by atoms with Crippen LogP contribution in [0.1, 0.15) is 121 Å². The highest BCUT2D eigenvalue weighted by Gasteiger charge is 2.52. The molecule has 2 N–H and O–H groups in total. The maximum absolute atomic E-state index is 13.8. The maximum atomic E-state index is 13.8. The van der Waals surface area contributed by atoms with Gasteiger partial charge in [-0.3, -0.25) is 14.4 Å². The van der Waals surface area contributed by atoms with Crippen LogP contribution in [0.4, 0.5) is 0 Å². The van der Waals surface area contributed by atoms with Gasteiger partial charge in [-0.1, -0.05) is 57.7 Å². The molecular weight excluding hydrogens is 640 g/mol. The van der Waals surface area contributed by atoms with E-state index in [0.717, 1.165) is 38.5 Å². The lowest BCUT2D eigenvalue weighted by molar-refractivity contribution is -0.190. The number of likely N-dealkylation sites (N-methyl/N-ethyl adjacent to an activating group) is 1. The van der Waals surface area contributed by atoms with Gasteiger partial charge in [-0.2, -0.15) is 0 Å². The quantitative estimate of drug-likeness (QED) is 0.109. The average Bonchev–Trinajstić information content (AvgIpc) is 3.43. The van der Waals surface area contributed by atoms with Crippen molar-refractivity contribution in [3.8, 4) is 0 Å². The molecule has 1 fully saturated rings. The number of aliphatic hydroxyl groups excluding tert-OH is 1. The number of esters is 2. The molecule has 2 aliphatic rings. The van der Waals surface area contributed by atoms with Crippen molar-refractivity contribution in [1.82, 2.24) is 10.2 Å². The predicted octanol–water partition coefficient (Wildman–Crippen LogP) is 5.88. The van der Waals surface area contributed by atoms with E-state index in [2.05, 4.69) is 19.2 Å². The first-order valence-corrected chi connectivity index (χ1v) is 18.1. The van der Waals surface area contributed by atoms with Crippen molar-refractivity contribution in [1.29, 1.82) is 0 Å². The molecule has 0 saturated carbocycles. The largest absolute Gasteiger partial charge is 0.460 e. The average molecular weight is 699 g/mol. The van der Waals surface area contributed by atoms with E-state index in [-0.39, 0.29) is 37.3 Å². The van der Waals surface area contributed by atoms with Crippen LogP contribution in [-0.2, 0) is 33.3 Å². The molecule has 0 bridgehead atoms. The first-order valence-electron chi connectivity index (χ1n) is 18.1. The highest BCUT2D eigenvalue weighted by atomic mass is 16.8. The van der Waals surface area contributed by atoms with Crippen LogP contribution in [0.2, 0.25) is 0 Å². The summed E-state index contributed by atoms with van der Waals surface area (Å²) in [5.41, 5.74) is 0.482. The summed E-state index contributed by atoms with van der Waals surface area (Å²) in [6, 6.07) is 6.16. The lowest BCUT2D eigenvalue weighted by atomic mass is 9.91. The van der Waals surface area contributed by atoms with E-state index >= 15 is 0 Å². The Morgan fingerprint density at radius 3 is 2.30 bits per heavy atom. The van der Waals surface area contributed by atoms with Gasteiger partial charge in [0.2, 0.25) is 11.8 Å². The Bertz CT molecular complexity index is 1350. The molecule has 1 aromatic carbocycles. The zero-order valence-corrected chi connectivity index (χ0v) is 31.0. The molecular formula is C39H58N2O9. The second-order valence-corrected chi connectivity index (χ2v) is 14.5. The van der Waals surface area contributed by atoms with E-state index in [4.69, 9.17) is 18.9 Å². The Hall–Kier alpha value is -3.54. The van der Waals surface area contributed by atoms with Gasteiger partial charge < -0.3 is 34.3 Å². The zero-order chi connectivity index (χ0) is 36.9. The van der Waals surface area contributed by atoms with Crippen molar-refractivity contribution in [2.24, 2.45) is 0 Å². The van der Waals surface area contributed by atoms with Gasteiger partial charge in [-0.15, -0.1) is 0 Å². The Balaban J connectivity index is 1.88. The molecule has 1 aliphatic heterocycles. The molecule has 11 nitrogen and oxygen atoms in total. The van der Waals surface area contributed by atoms with Crippen LogP contribution in [0.25, 0.3) is 6.08 Å². The van der Waals surface area contributed by atoms with E-state index in [0.29, 0.717) is 24.0 Å². The number of nitrogens with zero attached hydrogens (tertiary/aromatic N) is 1. The molecule has 1 heterocycles. The maximum Gasteiger partial charge on any atom is 0.339 e. The summed E-state index contributed by atoms with van der Waals surface area (Å²) >= 11 is 0. The van der Waals surface area contributed by atoms with Gasteiger partial charge in [0.25, 0.3) is 0 Å². The first kappa shape index (κ1) is 40.9. The number of unbranched alkanes of at least 4 members (excludes halogenated alkanes) is 4. The number of carbonyl (C=O) groups is 4. The summed E-state index contributed by atoms with van der Waals surface area (Å²) in [6.45, 7) is 9.24. The fraction of sp³-hybridized carbons (Fsp3) is 0.641. The standard InChI is InChI=1S/C39H58N2O9/c1-8-10-14-22-39(23-15-11-9-2)48-32-25-28(36(45)40-29(26-42)19-21-34(44)49-38(3,4)5)24-31(35(32)50-39)47-37(46)30-17-13-12-16-27(30)18-20-33(43)41(6)7/h12-13,16-18,20,25,29,31-32,35,42H,8-11,14-15,19,21-24,26H2,1-7H3,(H,40,45)/t29-,31+,32+,35-/m0/s1. The van der Waals surface area contributed by atoms with Crippen LogP contribution in [-0.4, -0.2) is 90.2 Å². The molecule has 1 saturated heterocycles. The summed E-state index contributed by atoms with van der Waals surface area (Å²) in [7, 11) is 3.29. The van der Waals surface area contributed by atoms with Crippen LogP contribution in [0.15, 0.2) is 42.0 Å².